The first-order valence-corrected chi connectivity index (χ1v) is 5.62. The van der Waals surface area contributed by atoms with Gasteiger partial charge in [0.25, 0.3) is 0 Å². The number of nitrogens with one attached hydrogen (secondary N) is 1. The second-order valence-electron chi connectivity index (χ2n) is 4.43. The van der Waals surface area contributed by atoms with Crippen molar-refractivity contribution in [3.8, 4) is 0 Å². The summed E-state index contributed by atoms with van der Waals surface area (Å²) in [6.07, 6.45) is -4.79. The molecule has 1 heterocycles. The zero-order valence-electron chi connectivity index (χ0n) is 9.67. The molecule has 0 aliphatic carbocycles. The number of aliphatic carboxylic acids is 1. The van der Waals surface area contributed by atoms with E-state index in [4.69, 9.17) is 5.11 Å². The van der Waals surface area contributed by atoms with Crippen LogP contribution in [-0.4, -0.2) is 17.6 Å². The van der Waals surface area contributed by atoms with Crippen LogP contribution in [0, 0.1) is 11.7 Å². The smallest absolute Gasteiger partial charge is 0.419 e. The molecule has 1 aromatic rings. The Kier molecular flexibility index (Phi) is 3.49. The Labute approximate surface area is 106 Å². The zero-order chi connectivity index (χ0) is 14.2. The Bertz CT molecular complexity index is 501. The fourth-order valence-corrected chi connectivity index (χ4v) is 2.29. The molecule has 1 aromatic carbocycles. The van der Waals surface area contributed by atoms with E-state index in [1.807, 2.05) is 0 Å². The molecule has 2 rings (SSSR count). The normalized spacial score (nSPS) is 23.6. The third kappa shape index (κ3) is 2.70. The van der Waals surface area contributed by atoms with Gasteiger partial charge in [-0.3, -0.25) is 4.79 Å². The van der Waals surface area contributed by atoms with Gasteiger partial charge in [0.2, 0.25) is 0 Å². The van der Waals surface area contributed by atoms with E-state index in [9.17, 15) is 22.4 Å². The molecule has 1 aliphatic heterocycles. The largest absolute Gasteiger partial charge is 0.481 e. The molecule has 2 unspecified atom stereocenters. The molecular formula is C12H11F4NO2. The van der Waals surface area contributed by atoms with Gasteiger partial charge in [0, 0.05) is 12.6 Å². The fraction of sp³-hybridized carbons (Fsp3) is 0.417. The van der Waals surface area contributed by atoms with Crippen LogP contribution in [0.4, 0.5) is 17.6 Å². The highest BCUT2D eigenvalue weighted by Crippen LogP contribution is 2.39. The number of halogens is 4. The number of benzene rings is 1. The first-order valence-electron chi connectivity index (χ1n) is 5.62. The summed E-state index contributed by atoms with van der Waals surface area (Å²) in [5.41, 5.74) is -1.56. The summed E-state index contributed by atoms with van der Waals surface area (Å²) in [5.74, 6) is -3.17. The third-order valence-electron chi connectivity index (χ3n) is 3.18. The van der Waals surface area contributed by atoms with E-state index in [2.05, 4.69) is 5.32 Å². The standard InChI is InChI=1S/C12H11F4NO2/c13-8-3-1-2-7(10(8)12(14,15)16)9-4-6(5-17-9)11(18)19/h1-3,6,9,17H,4-5H2,(H,18,19). The lowest BCUT2D eigenvalue weighted by Crippen LogP contribution is -2.20. The molecule has 1 fully saturated rings. The van der Waals surface area contributed by atoms with Gasteiger partial charge in [-0.1, -0.05) is 12.1 Å². The quantitative estimate of drug-likeness (QED) is 0.817. The molecule has 1 aliphatic rings. The number of hydrogen-bond donors (Lipinski definition) is 2. The third-order valence-corrected chi connectivity index (χ3v) is 3.18. The van der Waals surface area contributed by atoms with Crippen LogP contribution >= 0.6 is 0 Å². The van der Waals surface area contributed by atoms with Crippen molar-refractivity contribution in [3.05, 3.63) is 35.1 Å². The Morgan fingerprint density at radius 1 is 1.37 bits per heavy atom. The average molecular weight is 277 g/mol. The van der Waals surface area contributed by atoms with Gasteiger partial charge in [-0.05, 0) is 18.1 Å². The number of hydrogen-bond acceptors (Lipinski definition) is 2. The topological polar surface area (TPSA) is 49.3 Å². The second kappa shape index (κ2) is 4.80. The van der Waals surface area contributed by atoms with Crippen LogP contribution < -0.4 is 5.32 Å². The monoisotopic (exact) mass is 277 g/mol. The van der Waals surface area contributed by atoms with Crippen LogP contribution in [0.5, 0.6) is 0 Å². The molecule has 19 heavy (non-hydrogen) atoms. The van der Waals surface area contributed by atoms with Crippen LogP contribution in [0.1, 0.15) is 23.6 Å². The van der Waals surface area contributed by atoms with Gasteiger partial charge in [-0.15, -0.1) is 0 Å². The van der Waals surface area contributed by atoms with E-state index < -0.39 is 35.5 Å². The summed E-state index contributed by atoms with van der Waals surface area (Å²) in [6.45, 7) is 0.0772. The predicted octanol–water partition coefficient (Wildman–Crippen LogP) is 2.58. The molecule has 2 N–H and O–H groups in total. The van der Waals surface area contributed by atoms with Crippen molar-refractivity contribution < 1.29 is 27.5 Å². The molecule has 7 heteroatoms. The summed E-state index contributed by atoms with van der Waals surface area (Å²) in [5, 5.41) is 11.5. The molecule has 0 amide bonds. The number of carboxylic acid groups (broad SMARTS) is 1. The molecule has 104 valence electrons. The highest BCUT2D eigenvalue weighted by atomic mass is 19.4. The van der Waals surface area contributed by atoms with Crippen LogP contribution in [0.15, 0.2) is 18.2 Å². The van der Waals surface area contributed by atoms with Gasteiger partial charge in [-0.2, -0.15) is 13.2 Å². The lowest BCUT2D eigenvalue weighted by atomic mass is 9.95. The molecule has 1 saturated heterocycles. The highest BCUT2D eigenvalue weighted by Gasteiger charge is 2.40. The van der Waals surface area contributed by atoms with Crippen LogP contribution in [-0.2, 0) is 11.0 Å². The van der Waals surface area contributed by atoms with Gasteiger partial charge in [0.15, 0.2) is 0 Å². The minimum Gasteiger partial charge on any atom is -0.481 e. The van der Waals surface area contributed by atoms with Crippen LogP contribution in [0.2, 0.25) is 0 Å². The highest BCUT2D eigenvalue weighted by molar-refractivity contribution is 5.70. The minimum atomic E-state index is -4.80. The first-order chi connectivity index (χ1) is 8.80. The number of carboxylic acids is 1. The molecule has 0 radical (unpaired) electrons. The molecule has 0 spiro atoms. The predicted molar refractivity (Wildman–Crippen MR) is 57.9 cm³/mol. The van der Waals surface area contributed by atoms with E-state index in [0.717, 1.165) is 6.07 Å². The number of carbonyl (C=O) groups is 1. The molecular weight excluding hydrogens is 266 g/mol. The van der Waals surface area contributed by atoms with E-state index in [-0.39, 0.29) is 18.5 Å². The van der Waals surface area contributed by atoms with Gasteiger partial charge >= 0.3 is 12.1 Å². The van der Waals surface area contributed by atoms with Gasteiger partial charge in [0.05, 0.1) is 11.5 Å². The van der Waals surface area contributed by atoms with E-state index in [0.29, 0.717) is 0 Å². The second-order valence-corrected chi connectivity index (χ2v) is 4.43. The summed E-state index contributed by atoms with van der Waals surface area (Å²) < 4.78 is 51.9. The lowest BCUT2D eigenvalue weighted by Gasteiger charge is -2.18. The molecule has 0 aromatic heterocycles. The minimum absolute atomic E-state index is 0.0157. The van der Waals surface area contributed by atoms with Crippen molar-refractivity contribution in [1.82, 2.24) is 5.32 Å². The van der Waals surface area contributed by atoms with Gasteiger partial charge < -0.3 is 10.4 Å². The van der Waals surface area contributed by atoms with Crippen molar-refractivity contribution in [1.29, 1.82) is 0 Å². The van der Waals surface area contributed by atoms with Crippen molar-refractivity contribution in [3.63, 3.8) is 0 Å². The van der Waals surface area contributed by atoms with Gasteiger partial charge in [0.1, 0.15) is 5.82 Å². The van der Waals surface area contributed by atoms with Crippen molar-refractivity contribution >= 4 is 5.97 Å². The molecule has 0 saturated carbocycles. The summed E-state index contributed by atoms with van der Waals surface area (Å²) >= 11 is 0. The van der Waals surface area contributed by atoms with E-state index in [1.54, 1.807) is 0 Å². The Morgan fingerprint density at radius 3 is 2.58 bits per heavy atom. The average Bonchev–Trinajstić information content (AvgIpc) is 2.75. The summed E-state index contributed by atoms with van der Waals surface area (Å²) in [6, 6.07) is 2.31. The number of rotatable bonds is 2. The molecule has 2 atom stereocenters. The van der Waals surface area contributed by atoms with Crippen LogP contribution in [0.3, 0.4) is 0 Å². The summed E-state index contributed by atoms with van der Waals surface area (Å²) in [4.78, 5) is 10.8. The first kappa shape index (κ1) is 13.8. The molecule has 0 bridgehead atoms. The fourth-order valence-electron chi connectivity index (χ4n) is 2.29. The SMILES string of the molecule is O=C(O)C1CNC(c2cccc(F)c2C(F)(F)F)C1. The van der Waals surface area contributed by atoms with E-state index in [1.165, 1.54) is 12.1 Å². The lowest BCUT2D eigenvalue weighted by molar-refractivity contribution is -0.141. The maximum absolute atomic E-state index is 13.4. The Balaban J connectivity index is 2.36. The molecule has 3 nitrogen and oxygen atoms in total. The Hall–Kier alpha value is -1.63. The maximum atomic E-state index is 13.4. The number of alkyl halides is 3. The van der Waals surface area contributed by atoms with Crippen LogP contribution in [0.25, 0.3) is 0 Å². The van der Waals surface area contributed by atoms with Gasteiger partial charge in [-0.25, -0.2) is 4.39 Å². The zero-order valence-corrected chi connectivity index (χ0v) is 9.67. The van der Waals surface area contributed by atoms with Crippen molar-refractivity contribution in [2.75, 3.05) is 6.54 Å². The summed E-state index contributed by atoms with van der Waals surface area (Å²) in [7, 11) is 0. The van der Waals surface area contributed by atoms with E-state index >= 15 is 0 Å². The maximum Gasteiger partial charge on any atom is 0.419 e. The van der Waals surface area contributed by atoms with Crippen molar-refractivity contribution in [2.45, 2.75) is 18.6 Å². The Morgan fingerprint density at radius 2 is 2.05 bits per heavy atom. The van der Waals surface area contributed by atoms with Crippen molar-refractivity contribution in [2.24, 2.45) is 5.92 Å².